The number of nitriles is 1. The minimum Gasteiger partial charge on any atom is -0.208 e. The number of benzene rings is 5. The van der Waals surface area contributed by atoms with Gasteiger partial charge in [0.25, 0.3) is 0 Å². The smallest absolute Gasteiger partial charge is 0.164 e. The van der Waals surface area contributed by atoms with Gasteiger partial charge in [-0.1, -0.05) is 111 Å². The third-order valence-corrected chi connectivity index (χ3v) is 10.7. The number of hydrogen-bond acceptors (Lipinski definition) is 4. The molecule has 1 unspecified atom stereocenters. The molecule has 0 N–H and O–H groups in total. The Balaban J connectivity index is 1.25. The van der Waals surface area contributed by atoms with Crippen LogP contribution in [0.1, 0.15) is 57.1 Å². The van der Waals surface area contributed by atoms with Gasteiger partial charge < -0.3 is 0 Å². The van der Waals surface area contributed by atoms with Crippen molar-refractivity contribution in [3.05, 3.63) is 139 Å². The first-order valence-electron chi connectivity index (χ1n) is 17.6. The average Bonchev–Trinajstić information content (AvgIpc) is 3.14. The Morgan fingerprint density at radius 1 is 0.510 bits per heavy atom. The first kappa shape index (κ1) is 30.9. The Morgan fingerprint density at radius 3 is 1.51 bits per heavy atom. The summed E-state index contributed by atoms with van der Waals surface area (Å²) in [6.45, 7) is 4.89. The molecule has 0 amide bonds. The second-order valence-corrected chi connectivity index (χ2v) is 14.5. The van der Waals surface area contributed by atoms with Crippen LogP contribution in [0.25, 0.3) is 56.4 Å². The molecule has 0 radical (unpaired) electrons. The highest BCUT2D eigenvalue weighted by Gasteiger charge is 2.45. The summed E-state index contributed by atoms with van der Waals surface area (Å²) in [6.07, 6.45) is 6.62. The van der Waals surface area contributed by atoms with E-state index in [2.05, 4.69) is 98.8 Å². The van der Waals surface area contributed by atoms with Crippen LogP contribution in [0.15, 0.2) is 127 Å². The van der Waals surface area contributed by atoms with Crippen molar-refractivity contribution in [2.45, 2.75) is 51.4 Å². The summed E-state index contributed by atoms with van der Waals surface area (Å²) in [5, 5.41) is 9.39. The van der Waals surface area contributed by atoms with E-state index in [0.29, 0.717) is 23.0 Å². The predicted octanol–water partition coefficient (Wildman–Crippen LogP) is 11.2. The largest absolute Gasteiger partial charge is 0.208 e. The zero-order valence-electron chi connectivity index (χ0n) is 28.2. The summed E-state index contributed by atoms with van der Waals surface area (Å²) in [6, 6.07) is 46.2. The summed E-state index contributed by atoms with van der Waals surface area (Å²) < 4.78 is 0. The Labute approximate surface area is 289 Å². The van der Waals surface area contributed by atoms with Gasteiger partial charge >= 0.3 is 0 Å². The van der Waals surface area contributed by atoms with Crippen molar-refractivity contribution in [2.24, 2.45) is 17.8 Å². The van der Waals surface area contributed by atoms with Gasteiger partial charge in [0.2, 0.25) is 0 Å². The minimum absolute atomic E-state index is 0.276. The normalized spacial score (nSPS) is 21.5. The molecule has 5 aromatic carbocycles. The number of rotatable bonds is 6. The third-order valence-electron chi connectivity index (χ3n) is 10.7. The van der Waals surface area contributed by atoms with Crippen LogP contribution in [0.3, 0.4) is 0 Å². The van der Waals surface area contributed by atoms with Gasteiger partial charge in [-0.3, -0.25) is 0 Å². The maximum absolute atomic E-state index is 9.39. The highest BCUT2D eigenvalue weighted by atomic mass is 15.0. The van der Waals surface area contributed by atoms with Gasteiger partial charge in [-0.2, -0.15) is 5.26 Å². The summed E-state index contributed by atoms with van der Waals surface area (Å²) in [5.41, 5.74) is 9.50. The molecular weight excluding hydrogens is 597 g/mol. The van der Waals surface area contributed by atoms with Crippen LogP contribution < -0.4 is 0 Å². The van der Waals surface area contributed by atoms with Crippen LogP contribution >= 0.6 is 0 Å². The molecule has 0 spiro atoms. The molecule has 1 aromatic heterocycles. The van der Waals surface area contributed by atoms with Crippen LogP contribution in [-0.2, 0) is 5.41 Å². The minimum atomic E-state index is 0.276. The second-order valence-electron chi connectivity index (χ2n) is 14.5. The molecule has 4 atom stereocenters. The molecule has 2 bridgehead atoms. The van der Waals surface area contributed by atoms with Crippen molar-refractivity contribution in [3.63, 3.8) is 0 Å². The number of nitrogens with zero attached hydrogens (tertiary/aromatic N) is 4. The molecule has 4 nitrogen and oxygen atoms in total. The molecule has 49 heavy (non-hydrogen) atoms. The van der Waals surface area contributed by atoms with E-state index in [-0.39, 0.29) is 5.41 Å². The van der Waals surface area contributed by atoms with E-state index in [1.165, 1.54) is 37.7 Å². The Bertz CT molecular complexity index is 2110. The van der Waals surface area contributed by atoms with Gasteiger partial charge in [0.05, 0.1) is 11.6 Å². The molecule has 0 aliphatic heterocycles. The van der Waals surface area contributed by atoms with Crippen molar-refractivity contribution in [1.82, 2.24) is 15.0 Å². The lowest BCUT2D eigenvalue weighted by molar-refractivity contribution is 0.0780. The molecule has 240 valence electrons. The fraction of sp³-hybridized carbons (Fsp3) is 0.244. The van der Waals surface area contributed by atoms with Crippen LogP contribution in [0.2, 0.25) is 0 Å². The van der Waals surface area contributed by atoms with Crippen LogP contribution in [0, 0.1) is 29.1 Å². The number of fused-ring (bicyclic) bond motifs is 2. The first-order chi connectivity index (χ1) is 23.9. The average molecular weight is 637 g/mol. The molecule has 8 rings (SSSR count). The molecule has 6 aromatic rings. The maximum atomic E-state index is 9.39. The van der Waals surface area contributed by atoms with Crippen molar-refractivity contribution in [3.8, 4) is 62.5 Å². The molecular formula is C45H40N4. The standard InChI is InChI=1S/C45H40N4/c1-30-21-33-22-31(2)27-45(26-30,28-33)41-19-17-37(18-20-41)43-47-42(36-11-7-4-8-12-36)48-44(49-43)40-24-38(34-9-5-3-6-10-34)23-39(25-40)35-15-13-32(29-46)14-16-35/h3-20,23-25,30-31,33H,21-22,26-28H2,1-2H3/t30-,31+,33-,45?. The third kappa shape index (κ3) is 6.30. The van der Waals surface area contributed by atoms with E-state index in [9.17, 15) is 5.26 Å². The van der Waals surface area contributed by atoms with Gasteiger partial charge in [0.1, 0.15) is 0 Å². The van der Waals surface area contributed by atoms with Gasteiger partial charge in [0, 0.05) is 16.7 Å². The SMILES string of the molecule is C[C@@H]1C[C@@H]2C[C@H](C)CC(c3ccc(-c4nc(-c5ccccc5)nc(-c5cc(-c6ccccc6)cc(-c6ccc(C#N)cc6)c5)n4)cc3)(C1)C2. The summed E-state index contributed by atoms with van der Waals surface area (Å²) in [5.74, 6) is 4.33. The fourth-order valence-electron chi connectivity index (χ4n) is 8.84. The summed E-state index contributed by atoms with van der Waals surface area (Å²) in [4.78, 5) is 15.3. The van der Waals surface area contributed by atoms with Gasteiger partial charge in [-0.05, 0) is 113 Å². The topological polar surface area (TPSA) is 62.5 Å². The fourth-order valence-corrected chi connectivity index (χ4v) is 8.84. The van der Waals surface area contributed by atoms with Crippen molar-refractivity contribution < 1.29 is 0 Å². The van der Waals surface area contributed by atoms with E-state index in [1.807, 2.05) is 48.5 Å². The molecule has 2 aliphatic carbocycles. The highest BCUT2D eigenvalue weighted by molar-refractivity contribution is 5.80. The quantitative estimate of drug-likeness (QED) is 0.182. The van der Waals surface area contributed by atoms with E-state index in [1.54, 1.807) is 0 Å². The van der Waals surface area contributed by atoms with E-state index in [0.717, 1.165) is 56.7 Å². The number of aromatic nitrogens is 3. The van der Waals surface area contributed by atoms with Gasteiger partial charge in [0.15, 0.2) is 17.5 Å². The van der Waals surface area contributed by atoms with Crippen LogP contribution in [0.4, 0.5) is 0 Å². The molecule has 4 heteroatoms. The molecule has 1 heterocycles. The summed E-state index contributed by atoms with van der Waals surface area (Å²) >= 11 is 0. The van der Waals surface area contributed by atoms with Crippen molar-refractivity contribution in [2.75, 3.05) is 0 Å². The molecule has 2 fully saturated rings. The molecule has 0 saturated heterocycles. The zero-order valence-corrected chi connectivity index (χ0v) is 28.2. The molecule has 2 saturated carbocycles. The molecule has 2 aliphatic rings. The van der Waals surface area contributed by atoms with E-state index in [4.69, 9.17) is 15.0 Å². The maximum Gasteiger partial charge on any atom is 0.164 e. The Morgan fingerprint density at radius 2 is 0.959 bits per heavy atom. The first-order valence-corrected chi connectivity index (χ1v) is 17.6. The second kappa shape index (κ2) is 12.9. The van der Waals surface area contributed by atoms with Gasteiger partial charge in [-0.25, -0.2) is 15.0 Å². The zero-order chi connectivity index (χ0) is 33.4. The lowest BCUT2D eigenvalue weighted by Crippen LogP contribution is -2.42. The summed E-state index contributed by atoms with van der Waals surface area (Å²) in [7, 11) is 0. The van der Waals surface area contributed by atoms with Crippen molar-refractivity contribution >= 4 is 0 Å². The van der Waals surface area contributed by atoms with Crippen LogP contribution in [0.5, 0.6) is 0 Å². The Kier molecular flexibility index (Phi) is 8.14. The monoisotopic (exact) mass is 636 g/mol. The number of hydrogen-bond donors (Lipinski definition) is 0. The van der Waals surface area contributed by atoms with Crippen molar-refractivity contribution in [1.29, 1.82) is 5.26 Å². The van der Waals surface area contributed by atoms with Crippen LogP contribution in [-0.4, -0.2) is 15.0 Å². The Hall–Kier alpha value is -5.40. The predicted molar refractivity (Wildman–Crippen MR) is 198 cm³/mol. The highest BCUT2D eigenvalue weighted by Crippen LogP contribution is 2.54. The lowest BCUT2D eigenvalue weighted by Gasteiger charge is -2.50. The van der Waals surface area contributed by atoms with Gasteiger partial charge in [-0.15, -0.1) is 0 Å². The lowest BCUT2D eigenvalue weighted by atomic mass is 9.54. The van der Waals surface area contributed by atoms with E-state index >= 15 is 0 Å². The van der Waals surface area contributed by atoms with E-state index < -0.39 is 0 Å².